The van der Waals surface area contributed by atoms with Gasteiger partial charge in [0.2, 0.25) is 23.9 Å². The smallest absolute Gasteiger partial charge is 0.408 e. The number of rotatable bonds is 35. The number of allylic oxidation sites excluding steroid dienone is 4. The van der Waals surface area contributed by atoms with E-state index in [1.807, 2.05) is 0 Å². The summed E-state index contributed by atoms with van der Waals surface area (Å²) in [6.07, 6.45) is -11.7. The number of nitrogen functional groups attached to an aromatic ring is 1. The number of nitrogens with two attached hydrogens (primary N) is 1. The second-order valence-electron chi connectivity index (χ2n) is 26.6. The maximum absolute atomic E-state index is 14.3. The molecule has 113 heavy (non-hydrogen) atoms. The van der Waals surface area contributed by atoms with Gasteiger partial charge in [-0.05, 0) is 68.2 Å². The molecular weight excluding hydrogens is 1490 g/mol. The van der Waals surface area contributed by atoms with Crippen LogP contribution in [0.3, 0.4) is 0 Å². The first-order chi connectivity index (χ1) is 54.1. The van der Waals surface area contributed by atoms with E-state index in [0.717, 1.165) is 12.1 Å². The minimum absolute atomic E-state index is 0.0118. The van der Waals surface area contributed by atoms with Crippen molar-refractivity contribution in [3.63, 3.8) is 0 Å². The number of fused-ring (bicyclic) bond motifs is 3. The van der Waals surface area contributed by atoms with Crippen molar-refractivity contribution in [1.82, 2.24) is 51.9 Å². The zero-order chi connectivity index (χ0) is 81.3. The Kier molecular flexibility index (Phi) is 29.0. The van der Waals surface area contributed by atoms with Crippen molar-refractivity contribution in [2.45, 2.75) is 132 Å². The molecule has 18 N–H and O–H groups in total. The number of nitro benzene ring substituents is 1. The van der Waals surface area contributed by atoms with Gasteiger partial charge in [-0.25, -0.2) is 19.6 Å². The van der Waals surface area contributed by atoms with E-state index in [1.165, 1.54) is 56.7 Å². The molecule has 3 amide bonds. The summed E-state index contributed by atoms with van der Waals surface area (Å²) in [4.78, 5) is 132. The molecule has 2 aromatic heterocycles. The topological polar surface area (TPSA) is 601 Å². The Morgan fingerprint density at radius 2 is 1.64 bits per heavy atom. The van der Waals surface area contributed by atoms with Crippen LogP contribution in [0, 0.1) is 16.0 Å². The molecule has 7 unspecified atom stereocenters. The Balaban J connectivity index is 0.702. The highest BCUT2D eigenvalue weighted by Gasteiger charge is 2.47. The number of nitro groups is 1. The van der Waals surface area contributed by atoms with Gasteiger partial charge in [0.15, 0.2) is 34.8 Å². The van der Waals surface area contributed by atoms with Gasteiger partial charge in [-0.15, -0.1) is 5.53 Å². The highest BCUT2D eigenvalue weighted by molar-refractivity contribution is 6.20. The van der Waals surface area contributed by atoms with E-state index in [0.29, 0.717) is 17.1 Å². The van der Waals surface area contributed by atoms with Crippen molar-refractivity contribution in [3.8, 4) is 17.2 Å². The molecule has 5 aromatic rings. The molecule has 0 spiro atoms. The molecule has 3 aliphatic heterocycles. The second-order valence-corrected chi connectivity index (χ2v) is 26.6. The summed E-state index contributed by atoms with van der Waals surface area (Å²) in [5.74, 6) is -8.17. The number of carboxylic acids is 1. The number of aromatic hydroxyl groups is 2. The lowest BCUT2D eigenvalue weighted by Gasteiger charge is -2.41. The first-order valence-electron chi connectivity index (χ1n) is 35.7. The van der Waals surface area contributed by atoms with Gasteiger partial charge in [-0.3, -0.25) is 48.9 Å². The van der Waals surface area contributed by atoms with Gasteiger partial charge < -0.3 is 121 Å². The Hall–Kier alpha value is -11.2. The fourth-order valence-electron chi connectivity index (χ4n) is 12.9. The van der Waals surface area contributed by atoms with Crippen molar-refractivity contribution in [3.05, 3.63) is 156 Å². The van der Waals surface area contributed by atoms with Crippen LogP contribution in [-0.4, -0.2) is 251 Å². The molecular formula is C72H87N13O28. The van der Waals surface area contributed by atoms with Crippen LogP contribution < -0.4 is 48.3 Å². The van der Waals surface area contributed by atoms with Gasteiger partial charge in [0.05, 0.1) is 118 Å². The van der Waals surface area contributed by atoms with E-state index < -0.39 is 178 Å². The number of hydrogen-bond acceptors (Lipinski definition) is 35. The van der Waals surface area contributed by atoms with Crippen LogP contribution in [0.2, 0.25) is 0 Å². The van der Waals surface area contributed by atoms with E-state index in [4.69, 9.17) is 48.4 Å². The molecule has 608 valence electrons. The van der Waals surface area contributed by atoms with Gasteiger partial charge in [0.25, 0.3) is 11.5 Å². The lowest BCUT2D eigenvalue weighted by atomic mass is 9.75. The summed E-state index contributed by atoms with van der Waals surface area (Å²) in [6, 6.07) is 6.85. The van der Waals surface area contributed by atoms with Crippen LogP contribution in [0.15, 0.2) is 101 Å². The number of benzene rings is 3. The van der Waals surface area contributed by atoms with E-state index in [9.17, 15) is 94.4 Å². The normalized spacial score (nSPS) is 23.6. The van der Waals surface area contributed by atoms with Crippen LogP contribution in [0.25, 0.3) is 11.2 Å². The van der Waals surface area contributed by atoms with Crippen LogP contribution in [0.4, 0.5) is 22.1 Å². The van der Waals surface area contributed by atoms with E-state index in [2.05, 4.69) is 58.7 Å². The SMILES string of the molecule is C=C1C(=O)c2c(O)c3c(c(O)c2C(=O)C/C=C\C=C/1OC)CC(C(=O)CO)C[C@@H]3OC1CC(NC(=O)O[C@H](CC2=CN(CCOCCOCCOCCNC(=O)CC[C@H](NC(=O)c3ccc(NCc4cnc5nc(N)[nH]c(=O)c5n4)cc3)C(=O)O)NN2)c2ccc(O[C@@H]3OC(CO)[C@H](O)C(O)[C@@H]3O)c([N+](=O)[O-])c2)C(O)C(C)O1. The highest BCUT2D eigenvalue weighted by atomic mass is 16.7. The Morgan fingerprint density at radius 1 is 0.903 bits per heavy atom. The van der Waals surface area contributed by atoms with Crippen molar-refractivity contribution < 1.29 is 127 Å². The highest BCUT2D eigenvalue weighted by Crippen LogP contribution is 2.50. The number of carboxylic acid groups (broad SMARTS) is 1. The van der Waals surface area contributed by atoms with Crippen molar-refractivity contribution >= 4 is 69.7 Å². The summed E-state index contributed by atoms with van der Waals surface area (Å²) in [5, 5.41) is 122. The van der Waals surface area contributed by atoms with E-state index in [1.54, 1.807) is 23.3 Å². The quantitative estimate of drug-likeness (QED) is 0.00815. The van der Waals surface area contributed by atoms with Crippen LogP contribution in [-0.2, 0) is 65.2 Å². The van der Waals surface area contributed by atoms with Gasteiger partial charge in [-0.2, -0.15) is 4.98 Å². The number of methoxy groups -OCH3 is 1. The third-order valence-corrected chi connectivity index (χ3v) is 18.9. The van der Waals surface area contributed by atoms with Crippen LogP contribution in [0.5, 0.6) is 17.2 Å². The van der Waals surface area contributed by atoms with Gasteiger partial charge >= 0.3 is 17.7 Å². The van der Waals surface area contributed by atoms with E-state index >= 15 is 0 Å². The number of hydrazine groups is 2. The number of ketones is 3. The number of aliphatic hydroxyl groups is 6. The molecule has 2 aliphatic carbocycles. The Labute approximate surface area is 641 Å². The molecule has 5 aliphatic rings. The first kappa shape index (κ1) is 84.3. The second kappa shape index (κ2) is 38.8. The Bertz CT molecular complexity index is 4500. The number of anilines is 2. The number of H-pyrrole nitrogens is 1. The number of aromatic nitrogens is 4. The molecule has 2 saturated heterocycles. The summed E-state index contributed by atoms with van der Waals surface area (Å²) in [5.41, 5.74) is 9.92. The average molecular weight is 1580 g/mol. The predicted octanol–water partition coefficient (Wildman–Crippen LogP) is -0.284. The number of ether oxygens (including phenoxy) is 9. The molecule has 41 heteroatoms. The first-order valence-corrected chi connectivity index (χ1v) is 35.7. The van der Waals surface area contributed by atoms with Crippen molar-refractivity contribution in [1.29, 1.82) is 0 Å². The minimum atomic E-state index is -1.95. The lowest BCUT2D eigenvalue weighted by Crippen LogP contribution is -2.60. The minimum Gasteiger partial charge on any atom is -0.507 e. The number of carbonyl (C=O) groups excluding carboxylic acids is 6. The average Bonchev–Trinajstić information content (AvgIpc) is 0.963. The third-order valence-electron chi connectivity index (χ3n) is 18.9. The van der Waals surface area contributed by atoms with Gasteiger partial charge in [-0.1, -0.05) is 24.8 Å². The molecule has 0 radical (unpaired) electrons. The number of hydrogen-bond donors (Lipinski definition) is 17. The summed E-state index contributed by atoms with van der Waals surface area (Å²) < 4.78 is 51.9. The zero-order valence-corrected chi connectivity index (χ0v) is 61.0. The number of Topliss-reactive ketones (excluding diaryl/α,β-unsaturated/α-hetero) is 3. The van der Waals surface area contributed by atoms with Crippen LogP contribution >= 0.6 is 0 Å². The fraction of sp³-hybridized carbons (Fsp3) is 0.458. The van der Waals surface area contributed by atoms with Crippen LogP contribution in [0.1, 0.15) is 111 Å². The Morgan fingerprint density at radius 3 is 2.35 bits per heavy atom. The molecule has 10 rings (SSSR count). The predicted molar refractivity (Wildman–Crippen MR) is 388 cm³/mol. The molecule has 3 aromatic carbocycles. The maximum atomic E-state index is 14.3. The number of carbonyl (C=O) groups is 7. The zero-order valence-electron chi connectivity index (χ0n) is 61.0. The van der Waals surface area contributed by atoms with Gasteiger partial charge in [0, 0.05) is 78.5 Å². The number of nitrogens with zero attached hydrogens (tertiary/aromatic N) is 5. The number of aliphatic carboxylic acids is 1. The fourth-order valence-corrected chi connectivity index (χ4v) is 12.9. The summed E-state index contributed by atoms with van der Waals surface area (Å²) in [7, 11) is 1.27. The summed E-state index contributed by atoms with van der Waals surface area (Å²) >= 11 is 0. The number of aromatic amines is 1. The number of phenolic OH excluding ortho intramolecular Hbond substituents is 2. The molecule has 5 heterocycles. The maximum Gasteiger partial charge on any atom is 0.408 e. The van der Waals surface area contributed by atoms with E-state index in [-0.39, 0.29) is 155 Å². The number of alkyl carbamates (subject to hydrolysis) is 1. The molecule has 41 nitrogen and oxygen atoms in total. The van der Waals surface area contributed by atoms with Gasteiger partial charge in [0.1, 0.15) is 66.5 Å². The number of phenols is 2. The number of aliphatic hydroxyl groups excluding tert-OH is 6. The van der Waals surface area contributed by atoms with Crippen molar-refractivity contribution in [2.75, 3.05) is 84.1 Å². The third kappa shape index (κ3) is 21.1. The molecule has 2 fully saturated rings. The largest absolute Gasteiger partial charge is 0.507 e. The number of nitrogens with one attached hydrogen (secondary N) is 7. The lowest BCUT2D eigenvalue weighted by molar-refractivity contribution is -0.387. The standard InChI is InChI=1S/C72H87N13O28/c1-34-48(105-3)7-5-4-6-46(88)56-57(59(34)91)63(95)55-42(61(56)93)24-38(47(89)32-86)26-51(55)110-54-28-44(60(92)35(2)109-54)79-72(102)113-50(37-10-14-49(45(25-37)85(103)104)111-70-65(97)64(96)62(94)52(33-87)112-70)27-40-31-84(83-82-40)17-19-107-21-23-108-22-20-106-18-16-74-53(90)15-13-43(69(100)101)78-67(98)36-8-11-39(12-9-36)75-29-41-30-76-66-58(77-41)68(99)81-71(73)80-66/h4-5,7-12,14,25,30-31,35,38,43-44,50-52,54,60,62,64-65,70,75,82-83,86-87,92-97H,1,6,13,15-24,26-29,32-33H2,2-3H3,(H,74,90)(H,78,98)(H,79,102)(H,100,101)(H3,73,76,80,81,99)/b5-4-,48-7+/t35?,38?,43-,44?,50+,51-,52?,54?,60?,62-,64?,65-,70+/m0/s1. The molecule has 0 saturated carbocycles. The molecule has 13 atom stereocenters. The monoisotopic (exact) mass is 1580 g/mol. The van der Waals surface area contributed by atoms with Crippen molar-refractivity contribution in [2.24, 2.45) is 5.92 Å². The number of amides is 3. The molecule has 0 bridgehead atoms. The summed E-state index contributed by atoms with van der Waals surface area (Å²) in [6.45, 7) is 4.84.